The highest BCUT2D eigenvalue weighted by Crippen LogP contribution is 2.31. The zero-order chi connectivity index (χ0) is 31.7. The van der Waals surface area contributed by atoms with Crippen LogP contribution in [0.5, 0.6) is 5.75 Å². The molecule has 1 saturated carbocycles. The number of aliphatic hydroxyl groups is 2. The summed E-state index contributed by atoms with van der Waals surface area (Å²) in [5.41, 5.74) is 3.01. The first kappa shape index (κ1) is 33.2. The van der Waals surface area contributed by atoms with Gasteiger partial charge in [0.25, 0.3) is 5.91 Å². The van der Waals surface area contributed by atoms with Crippen LogP contribution in [0.25, 0.3) is 11.1 Å². The number of pyridine rings is 1. The Kier molecular flexibility index (Phi) is 11.6. The highest BCUT2D eigenvalue weighted by atomic mass is 35.5. The lowest BCUT2D eigenvalue weighted by atomic mass is 9.97. The maximum atomic E-state index is 12.9. The van der Waals surface area contributed by atoms with Gasteiger partial charge in [0.15, 0.2) is 0 Å². The summed E-state index contributed by atoms with van der Waals surface area (Å²) in [6.07, 6.45) is 4.34. The van der Waals surface area contributed by atoms with Crippen LogP contribution in [-0.4, -0.2) is 77.2 Å². The Hall–Kier alpha value is -3.71. The van der Waals surface area contributed by atoms with Crippen molar-refractivity contribution in [3.05, 3.63) is 82.6 Å². The number of nitrogens with one attached hydrogen (secondary N) is 1. The van der Waals surface area contributed by atoms with Crippen molar-refractivity contribution in [2.45, 2.75) is 50.7 Å². The van der Waals surface area contributed by atoms with Crippen molar-refractivity contribution < 1.29 is 38.1 Å². The van der Waals surface area contributed by atoms with Gasteiger partial charge in [0.1, 0.15) is 10.9 Å². The van der Waals surface area contributed by atoms with Crippen LogP contribution in [0.15, 0.2) is 60.8 Å². The van der Waals surface area contributed by atoms with E-state index in [-0.39, 0.29) is 35.7 Å². The first-order chi connectivity index (χ1) is 21.0. The zero-order valence-electron chi connectivity index (χ0n) is 24.1. The van der Waals surface area contributed by atoms with Crippen molar-refractivity contribution in [2.75, 3.05) is 25.4 Å². The van der Waals surface area contributed by atoms with Gasteiger partial charge in [0.2, 0.25) is 10.0 Å². The first-order valence-corrected chi connectivity index (χ1v) is 16.4. The SMILES string of the molecule is O=C(NS(=O)(=O)CCO)c1ccc(-c2ccc(CCN(C[C@@H](O)c3ccc(Cl)nc3)C(=O)O)cc2)cc1OC1CCCCC1. The van der Waals surface area contributed by atoms with Crippen molar-refractivity contribution >= 4 is 33.6 Å². The van der Waals surface area contributed by atoms with E-state index < -0.39 is 40.5 Å². The quantitative estimate of drug-likeness (QED) is 0.197. The third-order valence-electron chi connectivity index (χ3n) is 7.44. The number of rotatable bonds is 13. The van der Waals surface area contributed by atoms with Crippen molar-refractivity contribution in [3.63, 3.8) is 0 Å². The van der Waals surface area contributed by atoms with Crippen LogP contribution in [-0.2, 0) is 16.4 Å². The van der Waals surface area contributed by atoms with Crippen molar-refractivity contribution in [3.8, 4) is 16.9 Å². The van der Waals surface area contributed by atoms with E-state index in [0.29, 0.717) is 12.0 Å². The van der Waals surface area contributed by atoms with Crippen molar-refractivity contribution in [2.24, 2.45) is 0 Å². The minimum absolute atomic E-state index is 0.0859. The fraction of sp³-hybridized carbons (Fsp3) is 0.387. The Morgan fingerprint density at radius 1 is 1.05 bits per heavy atom. The van der Waals surface area contributed by atoms with E-state index in [1.165, 1.54) is 18.3 Å². The molecule has 1 aliphatic carbocycles. The molecule has 44 heavy (non-hydrogen) atoms. The number of nitrogens with zero attached hydrogens (tertiary/aromatic N) is 2. The molecular formula is C31H36ClN3O8S. The van der Waals surface area contributed by atoms with Gasteiger partial charge in [-0.25, -0.2) is 22.9 Å². The molecule has 2 amide bonds. The van der Waals surface area contributed by atoms with E-state index in [1.54, 1.807) is 18.2 Å². The maximum absolute atomic E-state index is 12.9. The minimum atomic E-state index is -4.00. The molecule has 0 radical (unpaired) electrons. The van der Waals surface area contributed by atoms with Crippen molar-refractivity contribution in [1.29, 1.82) is 0 Å². The molecule has 13 heteroatoms. The summed E-state index contributed by atoms with van der Waals surface area (Å²) >= 11 is 5.79. The average Bonchev–Trinajstić information content (AvgIpc) is 2.99. The molecule has 1 aliphatic rings. The Morgan fingerprint density at radius 2 is 1.75 bits per heavy atom. The van der Waals surface area contributed by atoms with Gasteiger partial charge in [-0.15, -0.1) is 0 Å². The van der Waals surface area contributed by atoms with Crippen LogP contribution in [0, 0.1) is 0 Å². The van der Waals surface area contributed by atoms with E-state index in [0.717, 1.165) is 53.7 Å². The van der Waals surface area contributed by atoms with Crippen LogP contribution in [0.1, 0.15) is 59.7 Å². The standard InChI is InChI=1S/C31H36ClN3O8S/c32-29-13-11-24(19-33-29)27(37)20-35(31(39)40)15-14-21-6-8-22(9-7-21)23-10-12-26(30(38)34-44(41,42)17-16-36)28(18-23)43-25-4-2-1-3-5-25/h6-13,18-19,25,27,36-37H,1-5,14-17,20H2,(H,34,38)(H,39,40)/t27-/m1/s1. The van der Waals surface area contributed by atoms with Gasteiger partial charge in [-0.1, -0.05) is 54.4 Å². The molecular weight excluding hydrogens is 610 g/mol. The van der Waals surface area contributed by atoms with E-state index in [4.69, 9.17) is 21.4 Å². The summed E-state index contributed by atoms with van der Waals surface area (Å²) in [6.45, 7) is -0.572. The highest BCUT2D eigenvalue weighted by Gasteiger charge is 2.23. The molecule has 0 unspecified atom stereocenters. The first-order valence-electron chi connectivity index (χ1n) is 14.4. The second-order valence-corrected chi connectivity index (χ2v) is 12.9. The summed E-state index contributed by atoms with van der Waals surface area (Å²) in [7, 11) is -4.00. The molecule has 3 aromatic rings. The third-order valence-corrected chi connectivity index (χ3v) is 8.88. The molecule has 2 aromatic carbocycles. The summed E-state index contributed by atoms with van der Waals surface area (Å²) in [6, 6.07) is 15.6. The number of amides is 2. The van der Waals surface area contributed by atoms with Gasteiger partial charge >= 0.3 is 6.09 Å². The number of aliphatic hydroxyl groups excluding tert-OH is 2. The number of carboxylic acid groups (broad SMARTS) is 1. The predicted molar refractivity (Wildman–Crippen MR) is 165 cm³/mol. The summed E-state index contributed by atoms with van der Waals surface area (Å²) in [5, 5.41) is 29.4. The molecule has 0 aliphatic heterocycles. The lowest BCUT2D eigenvalue weighted by Gasteiger charge is -2.24. The number of hydrogen-bond donors (Lipinski definition) is 4. The number of benzene rings is 2. The lowest BCUT2D eigenvalue weighted by molar-refractivity contribution is 0.0966. The number of carbonyl (C=O) groups excluding carboxylic acids is 1. The predicted octanol–water partition coefficient (Wildman–Crippen LogP) is 4.42. The van der Waals surface area contributed by atoms with Crippen LogP contribution in [0.4, 0.5) is 4.79 Å². The summed E-state index contributed by atoms with van der Waals surface area (Å²) in [4.78, 5) is 29.8. The monoisotopic (exact) mass is 645 g/mol. The lowest BCUT2D eigenvalue weighted by Crippen LogP contribution is -2.35. The number of carbonyl (C=O) groups is 2. The maximum Gasteiger partial charge on any atom is 0.407 e. The minimum Gasteiger partial charge on any atom is -0.490 e. The van der Waals surface area contributed by atoms with E-state index in [1.807, 2.05) is 29.0 Å². The Morgan fingerprint density at radius 3 is 2.39 bits per heavy atom. The number of halogens is 1. The molecule has 1 atom stereocenters. The van der Waals surface area contributed by atoms with Gasteiger partial charge < -0.3 is 25.0 Å². The molecule has 4 N–H and O–H groups in total. The Labute approximate surface area is 261 Å². The summed E-state index contributed by atoms with van der Waals surface area (Å²) < 4.78 is 32.4. The molecule has 1 aromatic heterocycles. The largest absolute Gasteiger partial charge is 0.490 e. The van der Waals surface area contributed by atoms with Gasteiger partial charge in [0, 0.05) is 18.3 Å². The molecule has 0 bridgehead atoms. The van der Waals surface area contributed by atoms with E-state index in [9.17, 15) is 28.2 Å². The smallest absolute Gasteiger partial charge is 0.407 e. The number of aromatic nitrogens is 1. The Balaban J connectivity index is 1.47. The van der Waals surface area contributed by atoms with Crippen LogP contribution in [0.2, 0.25) is 5.15 Å². The average molecular weight is 646 g/mol. The second-order valence-electron chi connectivity index (χ2n) is 10.7. The normalized spacial score (nSPS) is 14.5. The molecule has 1 fully saturated rings. The van der Waals surface area contributed by atoms with Crippen LogP contribution in [0.3, 0.4) is 0 Å². The fourth-order valence-corrected chi connectivity index (χ4v) is 5.86. The zero-order valence-corrected chi connectivity index (χ0v) is 25.6. The molecule has 11 nitrogen and oxygen atoms in total. The number of hydrogen-bond acceptors (Lipinski definition) is 8. The van der Waals surface area contributed by atoms with Crippen LogP contribution >= 0.6 is 11.6 Å². The number of ether oxygens (including phenoxy) is 1. The number of sulfonamides is 1. The molecule has 0 saturated heterocycles. The molecule has 1 heterocycles. The van der Waals surface area contributed by atoms with Gasteiger partial charge in [0.05, 0.1) is 36.7 Å². The van der Waals surface area contributed by atoms with Crippen molar-refractivity contribution in [1.82, 2.24) is 14.6 Å². The van der Waals surface area contributed by atoms with Gasteiger partial charge in [-0.05, 0) is 67.0 Å². The van der Waals surface area contributed by atoms with Gasteiger partial charge in [-0.2, -0.15) is 0 Å². The van der Waals surface area contributed by atoms with E-state index >= 15 is 0 Å². The summed E-state index contributed by atoms with van der Waals surface area (Å²) in [5.74, 6) is -1.14. The van der Waals surface area contributed by atoms with Crippen LogP contribution < -0.4 is 9.46 Å². The molecule has 4 rings (SSSR count). The van der Waals surface area contributed by atoms with Gasteiger partial charge in [-0.3, -0.25) is 4.79 Å². The van der Waals surface area contributed by atoms with E-state index in [2.05, 4.69) is 4.98 Å². The Bertz CT molecular complexity index is 1530. The third kappa shape index (κ3) is 9.39. The highest BCUT2D eigenvalue weighted by molar-refractivity contribution is 7.90. The molecule has 0 spiro atoms. The topological polar surface area (TPSA) is 166 Å². The fourth-order valence-electron chi connectivity index (χ4n) is 5.01. The second kappa shape index (κ2) is 15.3. The molecule has 236 valence electrons.